The van der Waals surface area contributed by atoms with Gasteiger partial charge in [-0.1, -0.05) is 26.7 Å². The van der Waals surface area contributed by atoms with Crippen LogP contribution in [0.5, 0.6) is 0 Å². The molecule has 1 heterocycles. The van der Waals surface area contributed by atoms with Gasteiger partial charge in [-0.05, 0) is 18.3 Å². The van der Waals surface area contributed by atoms with Crippen LogP contribution in [0.15, 0.2) is 17.3 Å². The maximum absolute atomic E-state index is 12.3. The molecule has 1 aromatic rings. The fourth-order valence-electron chi connectivity index (χ4n) is 2.72. The number of aromatic nitrogens is 2. The molecule has 114 valence electrons. The second-order valence-electron chi connectivity index (χ2n) is 5.66. The lowest BCUT2D eigenvalue weighted by molar-refractivity contribution is 0.227. The maximum Gasteiger partial charge on any atom is 0.243 e. The van der Waals surface area contributed by atoms with Crippen molar-refractivity contribution in [1.29, 1.82) is 0 Å². The quantitative estimate of drug-likeness (QED) is 0.849. The molecule has 20 heavy (non-hydrogen) atoms. The molecule has 0 bridgehead atoms. The molecule has 7 heteroatoms. The first-order chi connectivity index (χ1) is 9.44. The number of aliphatic hydroxyl groups is 1. The Balaban J connectivity index is 2.09. The van der Waals surface area contributed by atoms with Crippen molar-refractivity contribution in [2.45, 2.75) is 50.6 Å². The zero-order valence-electron chi connectivity index (χ0n) is 12.0. The maximum atomic E-state index is 12.3. The lowest BCUT2D eigenvalue weighted by Crippen LogP contribution is -2.43. The summed E-state index contributed by atoms with van der Waals surface area (Å²) in [5, 5.41) is 12.8. The minimum absolute atomic E-state index is 0.00931. The first-order valence-electron chi connectivity index (χ1n) is 7.09. The number of hydrogen-bond donors (Lipinski definition) is 2. The van der Waals surface area contributed by atoms with E-state index in [-0.39, 0.29) is 17.5 Å². The molecule has 6 nitrogen and oxygen atoms in total. The van der Waals surface area contributed by atoms with E-state index in [1.807, 2.05) is 0 Å². The number of sulfonamides is 1. The van der Waals surface area contributed by atoms with Gasteiger partial charge in [-0.15, -0.1) is 0 Å². The van der Waals surface area contributed by atoms with E-state index < -0.39 is 10.0 Å². The Labute approximate surface area is 120 Å². The van der Waals surface area contributed by atoms with Crippen LogP contribution >= 0.6 is 0 Å². The van der Waals surface area contributed by atoms with Gasteiger partial charge >= 0.3 is 0 Å². The monoisotopic (exact) mass is 301 g/mol. The van der Waals surface area contributed by atoms with E-state index in [2.05, 4.69) is 23.7 Å². The second-order valence-corrected chi connectivity index (χ2v) is 7.37. The zero-order chi connectivity index (χ0) is 14.8. The first-order valence-corrected chi connectivity index (χ1v) is 8.58. The smallest absolute Gasteiger partial charge is 0.243 e. The van der Waals surface area contributed by atoms with Crippen LogP contribution in [0.4, 0.5) is 0 Å². The third-order valence-electron chi connectivity index (χ3n) is 4.26. The van der Waals surface area contributed by atoms with Gasteiger partial charge in [-0.25, -0.2) is 13.1 Å². The molecule has 1 aromatic heterocycles. The van der Waals surface area contributed by atoms with Crippen molar-refractivity contribution in [3.8, 4) is 0 Å². The molecule has 0 radical (unpaired) electrons. The highest BCUT2D eigenvalue weighted by Crippen LogP contribution is 2.30. The summed E-state index contributed by atoms with van der Waals surface area (Å²) < 4.78 is 28.9. The minimum Gasteiger partial charge on any atom is -0.394 e. The van der Waals surface area contributed by atoms with E-state index in [9.17, 15) is 8.42 Å². The summed E-state index contributed by atoms with van der Waals surface area (Å²) in [6, 6.07) is -0.00931. The Kier molecular flexibility index (Phi) is 4.82. The molecular weight excluding hydrogens is 278 g/mol. The van der Waals surface area contributed by atoms with E-state index in [1.165, 1.54) is 17.1 Å². The molecule has 1 aliphatic rings. The Morgan fingerprint density at radius 3 is 2.90 bits per heavy atom. The number of rotatable bonds is 5. The van der Waals surface area contributed by atoms with Crippen LogP contribution in [0.2, 0.25) is 0 Å². The summed E-state index contributed by atoms with van der Waals surface area (Å²) in [5.41, 5.74) is 0. The van der Waals surface area contributed by atoms with Gasteiger partial charge in [0, 0.05) is 12.2 Å². The van der Waals surface area contributed by atoms with Crippen LogP contribution in [0.25, 0.3) is 0 Å². The van der Waals surface area contributed by atoms with Gasteiger partial charge in [-0.2, -0.15) is 5.10 Å². The van der Waals surface area contributed by atoms with Crippen molar-refractivity contribution in [2.75, 3.05) is 6.61 Å². The van der Waals surface area contributed by atoms with E-state index in [0.717, 1.165) is 19.3 Å². The minimum atomic E-state index is -3.53. The van der Waals surface area contributed by atoms with Crippen molar-refractivity contribution >= 4 is 10.0 Å². The second kappa shape index (κ2) is 6.24. The fraction of sp³-hybridized carbons (Fsp3) is 0.769. The van der Waals surface area contributed by atoms with Crippen LogP contribution < -0.4 is 4.72 Å². The highest BCUT2D eigenvalue weighted by Gasteiger charge is 2.31. The molecule has 3 unspecified atom stereocenters. The number of aliphatic hydroxyl groups excluding tert-OH is 1. The molecule has 0 saturated heterocycles. The van der Waals surface area contributed by atoms with Crippen LogP contribution in [0.1, 0.15) is 33.1 Å². The third kappa shape index (κ3) is 3.39. The average molecular weight is 301 g/mol. The summed E-state index contributed by atoms with van der Waals surface area (Å²) >= 11 is 0. The fourth-order valence-corrected chi connectivity index (χ4v) is 4.04. The highest BCUT2D eigenvalue weighted by atomic mass is 32.2. The van der Waals surface area contributed by atoms with Gasteiger partial charge < -0.3 is 5.11 Å². The molecule has 2 rings (SSSR count). The largest absolute Gasteiger partial charge is 0.394 e. The summed E-state index contributed by atoms with van der Waals surface area (Å²) in [4.78, 5) is 0.163. The van der Waals surface area contributed by atoms with Gasteiger partial charge in [0.15, 0.2) is 0 Å². The molecule has 0 amide bonds. The van der Waals surface area contributed by atoms with E-state index in [1.54, 1.807) is 0 Å². The summed E-state index contributed by atoms with van der Waals surface area (Å²) in [5.74, 6) is 0.875. The van der Waals surface area contributed by atoms with Crippen molar-refractivity contribution in [1.82, 2.24) is 14.5 Å². The third-order valence-corrected chi connectivity index (χ3v) is 5.71. The molecule has 1 fully saturated rings. The zero-order valence-corrected chi connectivity index (χ0v) is 12.8. The summed E-state index contributed by atoms with van der Waals surface area (Å²) in [7, 11) is -3.53. The molecule has 0 aromatic carbocycles. The lowest BCUT2D eigenvalue weighted by atomic mass is 9.78. The van der Waals surface area contributed by atoms with Gasteiger partial charge in [0.1, 0.15) is 4.90 Å². The predicted octanol–water partition coefficient (Wildman–Crippen LogP) is 0.978. The van der Waals surface area contributed by atoms with Crippen LogP contribution in [-0.4, -0.2) is 36.0 Å². The number of nitrogens with zero attached hydrogens (tertiary/aromatic N) is 2. The summed E-state index contributed by atoms with van der Waals surface area (Å²) in [6.07, 6.45) is 5.89. The summed E-state index contributed by atoms with van der Waals surface area (Å²) in [6.45, 7) is 4.51. The molecule has 1 aliphatic carbocycles. The molecule has 2 N–H and O–H groups in total. The van der Waals surface area contributed by atoms with Crippen molar-refractivity contribution in [3.63, 3.8) is 0 Å². The normalized spacial score (nSPS) is 27.6. The van der Waals surface area contributed by atoms with Gasteiger partial charge in [0.2, 0.25) is 10.0 Å². The Bertz CT molecular complexity index is 541. The van der Waals surface area contributed by atoms with Crippen LogP contribution in [-0.2, 0) is 16.6 Å². The standard InChI is InChI=1S/C13H23N3O3S/c1-10-4-3-5-13(11(10)2)15-20(18,19)12-8-14-16(9-12)6-7-17/h8-11,13,15,17H,3-7H2,1-2H3. The Hall–Kier alpha value is -0.920. The van der Waals surface area contributed by atoms with Crippen molar-refractivity contribution in [3.05, 3.63) is 12.4 Å². The van der Waals surface area contributed by atoms with Crippen molar-refractivity contribution in [2.24, 2.45) is 11.8 Å². The molecule has 0 spiro atoms. The Morgan fingerprint density at radius 2 is 2.20 bits per heavy atom. The SMILES string of the molecule is CC1CCCC(NS(=O)(=O)c2cnn(CCO)c2)C1C. The van der Waals surface area contributed by atoms with Gasteiger partial charge in [-0.3, -0.25) is 4.68 Å². The number of hydrogen-bond acceptors (Lipinski definition) is 4. The van der Waals surface area contributed by atoms with E-state index in [4.69, 9.17) is 5.11 Å². The van der Waals surface area contributed by atoms with Crippen LogP contribution in [0.3, 0.4) is 0 Å². The van der Waals surface area contributed by atoms with E-state index in [0.29, 0.717) is 18.4 Å². The topological polar surface area (TPSA) is 84.2 Å². The average Bonchev–Trinajstić information content (AvgIpc) is 2.85. The Morgan fingerprint density at radius 1 is 1.45 bits per heavy atom. The molecular formula is C13H23N3O3S. The lowest BCUT2D eigenvalue weighted by Gasteiger charge is -2.34. The first kappa shape index (κ1) is 15.5. The van der Waals surface area contributed by atoms with Gasteiger partial charge in [0.25, 0.3) is 0 Å². The van der Waals surface area contributed by atoms with Gasteiger partial charge in [0.05, 0.1) is 19.3 Å². The van der Waals surface area contributed by atoms with Crippen LogP contribution in [0, 0.1) is 11.8 Å². The van der Waals surface area contributed by atoms with Crippen molar-refractivity contribution < 1.29 is 13.5 Å². The molecule has 1 saturated carbocycles. The number of nitrogens with one attached hydrogen (secondary N) is 1. The highest BCUT2D eigenvalue weighted by molar-refractivity contribution is 7.89. The molecule has 3 atom stereocenters. The molecule has 0 aliphatic heterocycles. The predicted molar refractivity (Wildman–Crippen MR) is 75.6 cm³/mol. The van der Waals surface area contributed by atoms with E-state index >= 15 is 0 Å².